The molecular weight excluding hydrogens is 374 g/mol. The number of nitro groups is 1. The molecular formula is C19H17N7O3. The topological polar surface area (TPSA) is 141 Å². The SMILES string of the molecule is N#Cc1ccc(N2CCC(Nc3cc4nc[nH]c(=O)c4cc3[N+](=O)[O-])CC2)nc1. The van der Waals surface area contributed by atoms with Crippen molar-refractivity contribution in [1.29, 1.82) is 5.26 Å². The molecule has 1 aliphatic heterocycles. The monoisotopic (exact) mass is 391 g/mol. The van der Waals surface area contributed by atoms with Crippen LogP contribution in [0.2, 0.25) is 0 Å². The molecule has 0 unspecified atom stereocenters. The van der Waals surface area contributed by atoms with Gasteiger partial charge < -0.3 is 15.2 Å². The number of pyridine rings is 1. The fourth-order valence-corrected chi connectivity index (χ4v) is 3.48. The van der Waals surface area contributed by atoms with Crippen molar-refractivity contribution in [1.82, 2.24) is 15.0 Å². The number of fused-ring (bicyclic) bond motifs is 1. The number of benzene rings is 1. The van der Waals surface area contributed by atoms with Crippen LogP contribution in [0.1, 0.15) is 18.4 Å². The summed E-state index contributed by atoms with van der Waals surface area (Å²) < 4.78 is 0. The summed E-state index contributed by atoms with van der Waals surface area (Å²) >= 11 is 0. The quantitative estimate of drug-likeness (QED) is 0.509. The predicted octanol–water partition coefficient (Wildman–Crippen LogP) is 2.18. The summed E-state index contributed by atoms with van der Waals surface area (Å²) in [7, 11) is 0. The number of hydrogen-bond acceptors (Lipinski definition) is 8. The van der Waals surface area contributed by atoms with E-state index in [1.807, 2.05) is 12.1 Å². The van der Waals surface area contributed by atoms with Crippen molar-refractivity contribution < 1.29 is 4.92 Å². The van der Waals surface area contributed by atoms with Gasteiger partial charge in [-0.1, -0.05) is 0 Å². The Morgan fingerprint density at radius 2 is 2.07 bits per heavy atom. The number of nitriles is 1. The van der Waals surface area contributed by atoms with Crippen LogP contribution >= 0.6 is 0 Å². The van der Waals surface area contributed by atoms with Crippen LogP contribution in [-0.4, -0.2) is 39.0 Å². The molecule has 0 radical (unpaired) electrons. The molecule has 2 N–H and O–H groups in total. The van der Waals surface area contributed by atoms with Gasteiger partial charge in [0.1, 0.15) is 17.6 Å². The third kappa shape index (κ3) is 3.70. The number of piperidine rings is 1. The molecule has 10 heteroatoms. The van der Waals surface area contributed by atoms with Crippen LogP contribution < -0.4 is 15.8 Å². The third-order valence-corrected chi connectivity index (χ3v) is 5.01. The molecule has 1 aromatic carbocycles. The van der Waals surface area contributed by atoms with E-state index in [4.69, 9.17) is 5.26 Å². The standard InChI is InChI=1S/C19H17N7O3/c20-9-12-1-2-18(21-10-12)25-5-3-13(4-6-25)24-16-8-15-14(7-17(16)26(28)29)19(27)23-11-22-15/h1-2,7-8,10-11,13,24H,3-6H2,(H,22,23,27). The first-order valence-electron chi connectivity index (χ1n) is 9.08. The van der Waals surface area contributed by atoms with Crippen LogP contribution in [0.3, 0.4) is 0 Å². The van der Waals surface area contributed by atoms with Crippen molar-refractivity contribution in [2.24, 2.45) is 0 Å². The van der Waals surface area contributed by atoms with Gasteiger partial charge in [0.2, 0.25) is 0 Å². The predicted molar refractivity (Wildman–Crippen MR) is 107 cm³/mol. The molecule has 3 heterocycles. The van der Waals surface area contributed by atoms with Crippen molar-refractivity contribution in [3.8, 4) is 6.07 Å². The molecule has 4 rings (SSSR count). The highest BCUT2D eigenvalue weighted by atomic mass is 16.6. The lowest BCUT2D eigenvalue weighted by molar-refractivity contribution is -0.383. The van der Waals surface area contributed by atoms with E-state index in [2.05, 4.69) is 25.2 Å². The highest BCUT2D eigenvalue weighted by Gasteiger charge is 2.24. The molecule has 10 nitrogen and oxygen atoms in total. The summed E-state index contributed by atoms with van der Waals surface area (Å²) in [6, 6.07) is 8.47. The van der Waals surface area contributed by atoms with Crippen molar-refractivity contribution in [2.45, 2.75) is 18.9 Å². The molecule has 0 amide bonds. The lowest BCUT2D eigenvalue weighted by Gasteiger charge is -2.33. The van der Waals surface area contributed by atoms with E-state index in [1.165, 1.54) is 12.4 Å². The first kappa shape index (κ1) is 18.4. The molecule has 0 spiro atoms. The Morgan fingerprint density at radius 3 is 2.72 bits per heavy atom. The highest BCUT2D eigenvalue weighted by molar-refractivity contribution is 5.86. The minimum Gasteiger partial charge on any atom is -0.377 e. The summed E-state index contributed by atoms with van der Waals surface area (Å²) in [6.45, 7) is 1.46. The maximum Gasteiger partial charge on any atom is 0.293 e. The molecule has 29 heavy (non-hydrogen) atoms. The number of aromatic amines is 1. The van der Waals surface area contributed by atoms with Crippen LogP contribution in [-0.2, 0) is 0 Å². The van der Waals surface area contributed by atoms with E-state index in [1.54, 1.807) is 18.3 Å². The number of nitrogens with one attached hydrogen (secondary N) is 2. The number of anilines is 2. The Bertz CT molecular complexity index is 1160. The third-order valence-electron chi connectivity index (χ3n) is 5.01. The minimum atomic E-state index is -0.496. The number of hydrogen-bond donors (Lipinski definition) is 2. The minimum absolute atomic E-state index is 0.0442. The van der Waals surface area contributed by atoms with Crippen molar-refractivity contribution in [2.75, 3.05) is 23.3 Å². The van der Waals surface area contributed by atoms with E-state index >= 15 is 0 Å². The molecule has 0 saturated carbocycles. The van der Waals surface area contributed by atoms with Crippen LogP contribution in [0.25, 0.3) is 10.9 Å². The second kappa shape index (κ2) is 7.55. The maximum atomic E-state index is 11.9. The number of rotatable bonds is 4. The van der Waals surface area contributed by atoms with Crippen LogP contribution in [0.5, 0.6) is 0 Å². The fourth-order valence-electron chi connectivity index (χ4n) is 3.48. The molecule has 0 atom stereocenters. The molecule has 0 bridgehead atoms. The Kier molecular flexibility index (Phi) is 4.78. The molecule has 146 valence electrons. The summed E-state index contributed by atoms with van der Waals surface area (Å²) in [5, 5.41) is 23.8. The normalized spacial score (nSPS) is 14.5. The molecule has 3 aromatic rings. The highest BCUT2D eigenvalue weighted by Crippen LogP contribution is 2.30. The van der Waals surface area contributed by atoms with E-state index in [0.717, 1.165) is 31.7 Å². The summed E-state index contributed by atoms with van der Waals surface area (Å²) in [6.07, 6.45) is 4.36. The second-order valence-electron chi connectivity index (χ2n) is 6.80. The fraction of sp³-hybridized carbons (Fsp3) is 0.263. The molecule has 2 aromatic heterocycles. The van der Waals surface area contributed by atoms with Crippen molar-refractivity contribution in [3.05, 3.63) is 62.8 Å². The molecule has 1 aliphatic rings. The second-order valence-corrected chi connectivity index (χ2v) is 6.80. The van der Waals surface area contributed by atoms with Gasteiger partial charge in [-0.05, 0) is 31.0 Å². The Hall–Kier alpha value is -4.00. The van der Waals surface area contributed by atoms with Gasteiger partial charge in [-0.15, -0.1) is 0 Å². The number of H-pyrrole nitrogens is 1. The van der Waals surface area contributed by atoms with Gasteiger partial charge in [0.05, 0.1) is 27.7 Å². The molecule has 1 fully saturated rings. The maximum absolute atomic E-state index is 11.9. The van der Waals surface area contributed by atoms with Gasteiger partial charge in [0.15, 0.2) is 0 Å². The average molecular weight is 391 g/mol. The first-order valence-corrected chi connectivity index (χ1v) is 9.08. The average Bonchev–Trinajstić information content (AvgIpc) is 2.74. The van der Waals surface area contributed by atoms with E-state index < -0.39 is 10.5 Å². The lowest BCUT2D eigenvalue weighted by Crippen LogP contribution is -2.39. The summed E-state index contributed by atoms with van der Waals surface area (Å²) in [5.74, 6) is 0.808. The van der Waals surface area contributed by atoms with Crippen LogP contribution in [0, 0.1) is 21.4 Å². The van der Waals surface area contributed by atoms with Crippen molar-refractivity contribution in [3.63, 3.8) is 0 Å². The lowest BCUT2D eigenvalue weighted by atomic mass is 10.0. The van der Waals surface area contributed by atoms with Gasteiger partial charge >= 0.3 is 0 Å². The smallest absolute Gasteiger partial charge is 0.293 e. The first-order chi connectivity index (χ1) is 14.0. The summed E-state index contributed by atoms with van der Waals surface area (Å²) in [5.41, 5.74) is 0.720. The van der Waals surface area contributed by atoms with Crippen molar-refractivity contribution >= 4 is 28.1 Å². The zero-order valence-electron chi connectivity index (χ0n) is 15.3. The van der Waals surface area contributed by atoms with Crippen LogP contribution in [0.15, 0.2) is 41.6 Å². The molecule has 1 saturated heterocycles. The number of aromatic nitrogens is 3. The van der Waals surface area contributed by atoms with Gasteiger partial charge in [-0.2, -0.15) is 5.26 Å². The Labute approximate surface area is 165 Å². The van der Waals surface area contributed by atoms with Crippen LogP contribution in [0.4, 0.5) is 17.2 Å². The van der Waals surface area contributed by atoms with E-state index in [-0.39, 0.29) is 17.1 Å². The number of nitro benzene ring substituents is 1. The zero-order chi connectivity index (χ0) is 20.4. The van der Waals surface area contributed by atoms with E-state index in [0.29, 0.717) is 16.8 Å². The number of nitrogens with zero attached hydrogens (tertiary/aromatic N) is 5. The van der Waals surface area contributed by atoms with Gasteiger partial charge in [0, 0.05) is 31.4 Å². The largest absolute Gasteiger partial charge is 0.377 e. The summed E-state index contributed by atoms with van der Waals surface area (Å²) in [4.78, 5) is 35.9. The van der Waals surface area contributed by atoms with Gasteiger partial charge in [0.25, 0.3) is 11.2 Å². The Morgan fingerprint density at radius 1 is 1.28 bits per heavy atom. The molecule has 0 aliphatic carbocycles. The van der Waals surface area contributed by atoms with Gasteiger partial charge in [-0.3, -0.25) is 14.9 Å². The Balaban J connectivity index is 1.51. The van der Waals surface area contributed by atoms with E-state index in [9.17, 15) is 14.9 Å². The zero-order valence-corrected chi connectivity index (χ0v) is 15.3. The van der Waals surface area contributed by atoms with Gasteiger partial charge in [-0.25, -0.2) is 9.97 Å².